The van der Waals surface area contributed by atoms with Crippen LogP contribution >= 0.6 is 0 Å². The number of para-hydroxylation sites is 1. The molecule has 5 heteroatoms. The number of allylic oxidation sites excluding steroid dienone is 2. The molecule has 1 N–H and O–H groups in total. The van der Waals surface area contributed by atoms with Crippen LogP contribution in [0.25, 0.3) is 11.1 Å². The number of fused-ring (bicyclic) bond motifs is 3. The Labute approximate surface area is 180 Å². The van der Waals surface area contributed by atoms with Crippen LogP contribution in [0.2, 0.25) is 0 Å². The van der Waals surface area contributed by atoms with Crippen LogP contribution in [0.5, 0.6) is 5.75 Å². The SMILES string of the molecule is O=C(Oc1ccc(-c2ccccc2)cc1)c1cccc2c1N[C@H](C(=O)[O-])[C@@H]1CC=C[C@@H]21. The van der Waals surface area contributed by atoms with E-state index < -0.39 is 18.0 Å². The number of carbonyl (C=O) groups is 2. The minimum atomic E-state index is -1.16. The van der Waals surface area contributed by atoms with Crippen molar-refractivity contribution in [3.05, 3.63) is 96.1 Å². The van der Waals surface area contributed by atoms with Gasteiger partial charge in [0, 0.05) is 5.92 Å². The van der Waals surface area contributed by atoms with Crippen molar-refractivity contribution < 1.29 is 19.4 Å². The van der Waals surface area contributed by atoms with Crippen LogP contribution in [0.4, 0.5) is 5.69 Å². The van der Waals surface area contributed by atoms with E-state index in [4.69, 9.17) is 4.74 Å². The minimum Gasteiger partial charge on any atom is -0.548 e. The van der Waals surface area contributed by atoms with Gasteiger partial charge in [0.25, 0.3) is 0 Å². The molecule has 0 saturated carbocycles. The van der Waals surface area contributed by atoms with Crippen LogP contribution in [0.3, 0.4) is 0 Å². The van der Waals surface area contributed by atoms with Gasteiger partial charge in [0.1, 0.15) is 5.75 Å². The van der Waals surface area contributed by atoms with E-state index in [9.17, 15) is 14.7 Å². The normalized spacial score (nSPS) is 21.0. The van der Waals surface area contributed by atoms with Gasteiger partial charge in [-0.2, -0.15) is 0 Å². The summed E-state index contributed by atoms with van der Waals surface area (Å²) in [6.45, 7) is 0. The monoisotopic (exact) mass is 410 g/mol. The van der Waals surface area contributed by atoms with Crippen LogP contribution in [-0.2, 0) is 4.79 Å². The van der Waals surface area contributed by atoms with Gasteiger partial charge in [-0.15, -0.1) is 0 Å². The zero-order valence-corrected chi connectivity index (χ0v) is 16.7. The van der Waals surface area contributed by atoms with Crippen LogP contribution in [0.1, 0.15) is 28.3 Å². The van der Waals surface area contributed by atoms with Crippen molar-refractivity contribution in [2.75, 3.05) is 5.32 Å². The van der Waals surface area contributed by atoms with Crippen LogP contribution in [-0.4, -0.2) is 18.0 Å². The Balaban J connectivity index is 1.41. The number of esters is 1. The molecule has 0 unspecified atom stereocenters. The smallest absolute Gasteiger partial charge is 0.345 e. The standard InChI is InChI=1S/C26H21NO4/c28-25(29)24-21-10-4-8-19(21)20-9-5-11-22(23(20)27-24)26(30)31-18-14-12-17(13-15-18)16-6-2-1-3-7-16/h1-9,11-15,19,21,24,27H,10H2,(H,28,29)/p-1/t19-,21+,24-/m0/s1. The predicted molar refractivity (Wildman–Crippen MR) is 116 cm³/mol. The van der Waals surface area contributed by atoms with E-state index in [1.807, 2.05) is 60.7 Å². The summed E-state index contributed by atoms with van der Waals surface area (Å²) >= 11 is 0. The molecule has 5 nitrogen and oxygen atoms in total. The number of hydrogen-bond donors (Lipinski definition) is 1. The van der Waals surface area contributed by atoms with Crippen LogP contribution in [0.15, 0.2) is 84.9 Å². The fourth-order valence-corrected chi connectivity index (χ4v) is 4.53. The average molecular weight is 410 g/mol. The largest absolute Gasteiger partial charge is 0.548 e. The summed E-state index contributed by atoms with van der Waals surface area (Å²) < 4.78 is 5.60. The van der Waals surface area contributed by atoms with Crippen LogP contribution in [0, 0.1) is 5.92 Å². The Bertz CT molecular complexity index is 1170. The first-order valence-corrected chi connectivity index (χ1v) is 10.3. The number of carboxylic acid groups (broad SMARTS) is 1. The Hall–Kier alpha value is -3.86. The Kier molecular flexibility index (Phi) is 4.79. The van der Waals surface area contributed by atoms with Gasteiger partial charge in [0.2, 0.25) is 0 Å². The molecule has 3 atom stereocenters. The van der Waals surface area contributed by atoms with Crippen molar-refractivity contribution in [3.8, 4) is 16.9 Å². The molecule has 0 aromatic heterocycles. The van der Waals surface area contributed by atoms with E-state index in [2.05, 4.69) is 5.32 Å². The zero-order chi connectivity index (χ0) is 21.4. The second kappa shape index (κ2) is 7.76. The molecule has 154 valence electrons. The molecule has 31 heavy (non-hydrogen) atoms. The van der Waals surface area contributed by atoms with Gasteiger partial charge in [-0.3, -0.25) is 0 Å². The lowest BCUT2D eigenvalue weighted by Crippen LogP contribution is -2.49. The summed E-state index contributed by atoms with van der Waals surface area (Å²) in [6, 6.07) is 21.8. The maximum atomic E-state index is 13.0. The lowest BCUT2D eigenvalue weighted by Gasteiger charge is -2.38. The molecule has 0 radical (unpaired) electrons. The molecule has 0 fully saturated rings. The first-order valence-electron chi connectivity index (χ1n) is 10.3. The van der Waals surface area contributed by atoms with Crippen molar-refractivity contribution in [2.24, 2.45) is 5.92 Å². The molecule has 0 bridgehead atoms. The molecule has 3 aromatic carbocycles. The number of ether oxygens (including phenoxy) is 1. The van der Waals surface area contributed by atoms with Crippen molar-refractivity contribution in [3.63, 3.8) is 0 Å². The van der Waals surface area contributed by atoms with E-state index in [-0.39, 0.29) is 11.8 Å². The Morgan fingerprint density at radius 2 is 1.65 bits per heavy atom. The molecule has 0 amide bonds. The van der Waals surface area contributed by atoms with E-state index in [1.54, 1.807) is 24.3 Å². The third-order valence-electron chi connectivity index (χ3n) is 6.04. The summed E-state index contributed by atoms with van der Waals surface area (Å²) in [6.07, 6.45) is 4.66. The van der Waals surface area contributed by atoms with Crippen molar-refractivity contribution >= 4 is 17.6 Å². The second-order valence-corrected chi connectivity index (χ2v) is 7.84. The molecule has 3 aromatic rings. The number of hydrogen-bond acceptors (Lipinski definition) is 5. The van der Waals surface area contributed by atoms with Gasteiger partial charge in [0.05, 0.1) is 23.3 Å². The number of nitrogens with one attached hydrogen (secondary N) is 1. The van der Waals surface area contributed by atoms with Gasteiger partial charge in [-0.05, 0) is 47.2 Å². The second-order valence-electron chi connectivity index (χ2n) is 7.84. The number of carbonyl (C=O) groups excluding carboxylic acids is 2. The predicted octanol–water partition coefficient (Wildman–Crippen LogP) is 3.78. The van der Waals surface area contributed by atoms with Gasteiger partial charge in [-0.25, -0.2) is 4.79 Å². The fourth-order valence-electron chi connectivity index (χ4n) is 4.53. The van der Waals surface area contributed by atoms with Crippen molar-refractivity contribution in [2.45, 2.75) is 18.4 Å². The summed E-state index contributed by atoms with van der Waals surface area (Å²) in [7, 11) is 0. The van der Waals surface area contributed by atoms with Crippen molar-refractivity contribution in [1.29, 1.82) is 0 Å². The molecular formula is C26H20NO4-. The number of rotatable bonds is 4. The number of carboxylic acids is 1. The zero-order valence-electron chi connectivity index (χ0n) is 16.7. The van der Waals surface area contributed by atoms with E-state index in [0.29, 0.717) is 23.4 Å². The average Bonchev–Trinajstić information content (AvgIpc) is 3.29. The van der Waals surface area contributed by atoms with E-state index in [0.717, 1.165) is 16.7 Å². The number of anilines is 1. The first-order chi connectivity index (χ1) is 15.1. The quantitative estimate of drug-likeness (QED) is 0.402. The molecule has 5 rings (SSSR count). The molecule has 1 aliphatic carbocycles. The van der Waals surface area contributed by atoms with Gasteiger partial charge < -0.3 is 20.0 Å². The third-order valence-corrected chi connectivity index (χ3v) is 6.04. The molecule has 1 aliphatic heterocycles. The topological polar surface area (TPSA) is 78.5 Å². The highest BCUT2D eigenvalue weighted by Crippen LogP contribution is 2.45. The Morgan fingerprint density at radius 3 is 2.39 bits per heavy atom. The summed E-state index contributed by atoms with van der Waals surface area (Å²) in [5.74, 6) is -1.45. The summed E-state index contributed by atoms with van der Waals surface area (Å²) in [4.78, 5) is 24.7. The van der Waals surface area contributed by atoms with E-state index in [1.165, 1.54) is 0 Å². The lowest BCUT2D eigenvalue weighted by molar-refractivity contribution is -0.308. The highest BCUT2D eigenvalue weighted by molar-refractivity contribution is 5.99. The molecule has 0 saturated heterocycles. The number of benzene rings is 3. The van der Waals surface area contributed by atoms with Crippen molar-refractivity contribution in [1.82, 2.24) is 0 Å². The third kappa shape index (κ3) is 3.48. The van der Waals surface area contributed by atoms with Gasteiger partial charge in [0.15, 0.2) is 0 Å². The van der Waals surface area contributed by atoms with E-state index >= 15 is 0 Å². The fraction of sp³-hybridized carbons (Fsp3) is 0.154. The number of aliphatic carboxylic acids is 1. The molecular weight excluding hydrogens is 390 g/mol. The molecule has 1 heterocycles. The maximum Gasteiger partial charge on any atom is 0.345 e. The highest BCUT2D eigenvalue weighted by Gasteiger charge is 2.39. The minimum absolute atomic E-state index is 0.0583. The first kappa shape index (κ1) is 19.1. The maximum absolute atomic E-state index is 13.0. The van der Waals surface area contributed by atoms with Gasteiger partial charge in [-0.1, -0.05) is 66.7 Å². The molecule has 2 aliphatic rings. The lowest BCUT2D eigenvalue weighted by atomic mass is 9.78. The molecule has 0 spiro atoms. The summed E-state index contributed by atoms with van der Waals surface area (Å²) in [5, 5.41) is 14.7. The van der Waals surface area contributed by atoms with Gasteiger partial charge >= 0.3 is 5.97 Å². The van der Waals surface area contributed by atoms with Crippen LogP contribution < -0.4 is 15.2 Å². The Morgan fingerprint density at radius 1 is 0.903 bits per heavy atom. The highest BCUT2D eigenvalue weighted by atomic mass is 16.5. The summed E-state index contributed by atoms with van der Waals surface area (Å²) in [5.41, 5.74) is 3.83.